The molecule has 4 rings (SSSR count). The predicted octanol–water partition coefficient (Wildman–Crippen LogP) is 5.88. The summed E-state index contributed by atoms with van der Waals surface area (Å²) in [5.41, 5.74) is 0.187. The third kappa shape index (κ3) is 6.22. The fourth-order valence-electron chi connectivity index (χ4n) is 3.53. The summed E-state index contributed by atoms with van der Waals surface area (Å²) in [4.78, 5) is 32.2. The number of carbonyl (C=O) groups is 1. The SMILES string of the molecule is COc1cccc(-c2nc(SCc3cccc(NC(=O)c4cccc(C(F)(F)F)c4)c3)[nH]c(=O)c2C#N)c1. The van der Waals surface area contributed by atoms with Crippen LogP contribution in [0.25, 0.3) is 11.3 Å². The maximum absolute atomic E-state index is 13.0. The monoisotopic (exact) mass is 536 g/mol. The van der Waals surface area contributed by atoms with Crippen LogP contribution < -0.4 is 15.6 Å². The van der Waals surface area contributed by atoms with E-state index in [-0.39, 0.29) is 22.0 Å². The quantitative estimate of drug-likeness (QED) is 0.226. The first-order valence-corrected chi connectivity index (χ1v) is 12.1. The number of nitrogens with zero attached hydrogens (tertiary/aromatic N) is 2. The molecule has 38 heavy (non-hydrogen) atoms. The number of anilines is 1. The average molecular weight is 537 g/mol. The molecule has 0 saturated carbocycles. The lowest BCUT2D eigenvalue weighted by Gasteiger charge is -2.10. The van der Waals surface area contributed by atoms with Crippen LogP contribution in [0.5, 0.6) is 5.75 Å². The first kappa shape index (κ1) is 26.5. The number of nitriles is 1. The van der Waals surface area contributed by atoms with Gasteiger partial charge in [-0.05, 0) is 48.0 Å². The molecule has 1 amide bonds. The van der Waals surface area contributed by atoms with Crippen LogP contribution in [0.1, 0.15) is 27.0 Å². The zero-order chi connectivity index (χ0) is 27.3. The molecule has 2 N–H and O–H groups in total. The summed E-state index contributed by atoms with van der Waals surface area (Å²) in [6.07, 6.45) is -4.56. The Labute approximate surface area is 219 Å². The molecular formula is C27H19F3N4O3S. The number of hydrogen-bond donors (Lipinski definition) is 2. The Morgan fingerprint density at radius 1 is 1.11 bits per heavy atom. The summed E-state index contributed by atoms with van der Waals surface area (Å²) in [5.74, 6) is 0.216. The van der Waals surface area contributed by atoms with Crippen LogP contribution in [-0.2, 0) is 11.9 Å². The number of aromatic nitrogens is 2. The lowest BCUT2D eigenvalue weighted by atomic mass is 10.1. The highest BCUT2D eigenvalue weighted by atomic mass is 32.2. The van der Waals surface area contributed by atoms with Crippen molar-refractivity contribution in [2.24, 2.45) is 0 Å². The van der Waals surface area contributed by atoms with Gasteiger partial charge in [0.25, 0.3) is 11.5 Å². The number of ether oxygens (including phenoxy) is 1. The number of methoxy groups -OCH3 is 1. The molecule has 0 saturated heterocycles. The van der Waals surface area contributed by atoms with Gasteiger partial charge in [0.15, 0.2) is 5.16 Å². The number of halogens is 3. The molecule has 0 aliphatic heterocycles. The van der Waals surface area contributed by atoms with Crippen LogP contribution >= 0.6 is 11.8 Å². The number of hydrogen-bond acceptors (Lipinski definition) is 6. The number of benzene rings is 3. The topological polar surface area (TPSA) is 108 Å². The van der Waals surface area contributed by atoms with E-state index >= 15 is 0 Å². The van der Waals surface area contributed by atoms with Gasteiger partial charge >= 0.3 is 6.18 Å². The van der Waals surface area contributed by atoms with Crippen molar-refractivity contribution in [1.29, 1.82) is 5.26 Å². The molecule has 0 spiro atoms. The van der Waals surface area contributed by atoms with Crippen molar-refractivity contribution in [1.82, 2.24) is 9.97 Å². The Kier molecular flexibility index (Phi) is 7.83. The van der Waals surface area contributed by atoms with E-state index < -0.39 is 23.2 Å². The van der Waals surface area contributed by atoms with Crippen LogP contribution in [0.2, 0.25) is 0 Å². The second-order valence-electron chi connectivity index (χ2n) is 7.96. The first-order valence-electron chi connectivity index (χ1n) is 11.1. The second kappa shape index (κ2) is 11.2. The van der Waals surface area contributed by atoms with Crippen molar-refractivity contribution >= 4 is 23.4 Å². The normalized spacial score (nSPS) is 11.0. The van der Waals surface area contributed by atoms with Crippen LogP contribution in [0.3, 0.4) is 0 Å². The summed E-state index contributed by atoms with van der Waals surface area (Å²) >= 11 is 1.21. The van der Waals surface area contributed by atoms with Gasteiger partial charge in [-0.25, -0.2) is 4.98 Å². The van der Waals surface area contributed by atoms with E-state index in [2.05, 4.69) is 15.3 Å². The Morgan fingerprint density at radius 2 is 1.87 bits per heavy atom. The molecule has 0 aliphatic carbocycles. The molecule has 7 nitrogen and oxygen atoms in total. The molecule has 0 fully saturated rings. The summed E-state index contributed by atoms with van der Waals surface area (Å²) in [6.45, 7) is 0. The van der Waals surface area contributed by atoms with Crippen molar-refractivity contribution in [3.05, 3.63) is 105 Å². The standard InChI is InChI=1S/C27H19F3N4O3S/c1-37-21-10-4-6-17(13-21)23-22(14-31)25(36)34-26(33-23)38-15-16-5-2-9-20(11-16)32-24(35)18-7-3-8-19(12-18)27(28,29)30/h2-13H,15H2,1H3,(H,32,35)(H,33,34,36). The zero-order valence-corrected chi connectivity index (χ0v) is 20.6. The molecule has 11 heteroatoms. The van der Waals surface area contributed by atoms with E-state index in [1.807, 2.05) is 6.07 Å². The molecule has 0 unspecified atom stereocenters. The van der Waals surface area contributed by atoms with Crippen LogP contribution in [0.15, 0.2) is 82.7 Å². The van der Waals surface area contributed by atoms with Crippen molar-refractivity contribution in [2.45, 2.75) is 17.1 Å². The Hall–Kier alpha value is -4.56. The number of carbonyl (C=O) groups excluding carboxylic acids is 1. The minimum absolute atomic E-state index is 0.121. The fraction of sp³-hybridized carbons (Fsp3) is 0.111. The molecule has 1 aromatic heterocycles. The highest BCUT2D eigenvalue weighted by Gasteiger charge is 2.30. The Bertz CT molecular complexity index is 1600. The number of H-pyrrole nitrogens is 1. The lowest BCUT2D eigenvalue weighted by molar-refractivity contribution is -0.137. The fourth-order valence-corrected chi connectivity index (χ4v) is 4.34. The highest BCUT2D eigenvalue weighted by Crippen LogP contribution is 2.30. The first-order chi connectivity index (χ1) is 18.2. The van der Waals surface area contributed by atoms with Gasteiger partial charge in [0.05, 0.1) is 18.4 Å². The van der Waals surface area contributed by atoms with E-state index in [1.165, 1.54) is 31.0 Å². The average Bonchev–Trinajstić information content (AvgIpc) is 2.91. The van der Waals surface area contributed by atoms with Gasteiger partial charge in [-0.1, -0.05) is 42.1 Å². The minimum Gasteiger partial charge on any atom is -0.497 e. The number of rotatable bonds is 7. The van der Waals surface area contributed by atoms with Gasteiger partial charge in [-0.2, -0.15) is 18.4 Å². The lowest BCUT2D eigenvalue weighted by Crippen LogP contribution is -2.15. The van der Waals surface area contributed by atoms with Gasteiger partial charge in [0.1, 0.15) is 17.4 Å². The molecule has 4 aromatic rings. The summed E-state index contributed by atoms with van der Waals surface area (Å²) in [6, 6.07) is 19.7. The van der Waals surface area contributed by atoms with E-state index in [0.717, 1.165) is 17.7 Å². The Balaban J connectivity index is 1.51. The maximum Gasteiger partial charge on any atom is 0.416 e. The minimum atomic E-state index is -4.56. The smallest absolute Gasteiger partial charge is 0.416 e. The van der Waals surface area contributed by atoms with E-state index in [9.17, 15) is 28.0 Å². The number of nitrogens with one attached hydrogen (secondary N) is 2. The van der Waals surface area contributed by atoms with Gasteiger partial charge < -0.3 is 15.0 Å². The van der Waals surface area contributed by atoms with Crippen molar-refractivity contribution in [2.75, 3.05) is 12.4 Å². The summed E-state index contributed by atoms with van der Waals surface area (Å²) in [7, 11) is 1.51. The van der Waals surface area contributed by atoms with Crippen molar-refractivity contribution < 1.29 is 22.7 Å². The number of amides is 1. The largest absolute Gasteiger partial charge is 0.497 e. The van der Waals surface area contributed by atoms with Crippen molar-refractivity contribution in [3.63, 3.8) is 0 Å². The van der Waals surface area contributed by atoms with Gasteiger partial charge in [-0.3, -0.25) is 9.59 Å². The number of alkyl halides is 3. The van der Waals surface area contributed by atoms with E-state index in [0.29, 0.717) is 22.8 Å². The van der Waals surface area contributed by atoms with Crippen LogP contribution in [0.4, 0.5) is 18.9 Å². The van der Waals surface area contributed by atoms with Gasteiger partial charge in [0, 0.05) is 22.6 Å². The predicted molar refractivity (Wildman–Crippen MR) is 137 cm³/mol. The molecule has 3 aromatic carbocycles. The van der Waals surface area contributed by atoms with E-state index in [1.54, 1.807) is 48.5 Å². The van der Waals surface area contributed by atoms with Gasteiger partial charge in [0.2, 0.25) is 0 Å². The summed E-state index contributed by atoms with van der Waals surface area (Å²) < 4.78 is 44.1. The van der Waals surface area contributed by atoms with Crippen molar-refractivity contribution in [3.8, 4) is 23.1 Å². The highest BCUT2D eigenvalue weighted by molar-refractivity contribution is 7.98. The second-order valence-corrected chi connectivity index (χ2v) is 8.92. The third-order valence-corrected chi connectivity index (χ3v) is 6.31. The van der Waals surface area contributed by atoms with E-state index in [4.69, 9.17) is 4.74 Å². The van der Waals surface area contributed by atoms with Gasteiger partial charge in [-0.15, -0.1) is 0 Å². The van der Waals surface area contributed by atoms with Crippen LogP contribution in [0, 0.1) is 11.3 Å². The third-order valence-electron chi connectivity index (χ3n) is 5.37. The zero-order valence-electron chi connectivity index (χ0n) is 19.8. The molecular weight excluding hydrogens is 517 g/mol. The molecule has 0 radical (unpaired) electrons. The maximum atomic E-state index is 13.0. The molecule has 1 heterocycles. The Morgan fingerprint density at radius 3 is 2.61 bits per heavy atom. The summed E-state index contributed by atoms with van der Waals surface area (Å²) in [5, 5.41) is 12.4. The molecule has 0 aliphatic rings. The van der Waals surface area contributed by atoms with Crippen LogP contribution in [-0.4, -0.2) is 23.0 Å². The molecule has 192 valence electrons. The molecule has 0 atom stereocenters. The number of aromatic amines is 1. The number of thioether (sulfide) groups is 1. The molecule has 0 bridgehead atoms.